The number of hydrogen-bond acceptors (Lipinski definition) is 7. The molecule has 4 heterocycles. The number of imidazole rings is 1. The van der Waals surface area contributed by atoms with Crippen molar-refractivity contribution in [2.45, 2.75) is 38.8 Å². The molecule has 1 atom stereocenters. The molecule has 4 rings (SSSR count). The Balaban J connectivity index is 1.58. The number of rotatable bonds is 4. The fourth-order valence-corrected chi connectivity index (χ4v) is 3.23. The number of aromatic nitrogens is 5. The first-order valence-electron chi connectivity index (χ1n) is 8.81. The molecule has 1 aliphatic rings. The average molecular weight is 353 g/mol. The molecule has 26 heavy (non-hydrogen) atoms. The topological polar surface area (TPSA) is 92.0 Å². The lowest BCUT2D eigenvalue weighted by Crippen LogP contribution is -2.30. The van der Waals surface area contributed by atoms with Gasteiger partial charge in [-0.15, -0.1) is 0 Å². The average Bonchev–Trinajstić information content (AvgIpc) is 3.18. The van der Waals surface area contributed by atoms with E-state index in [2.05, 4.69) is 43.7 Å². The van der Waals surface area contributed by atoms with Gasteiger partial charge in [-0.05, 0) is 33.3 Å². The highest BCUT2D eigenvalue weighted by molar-refractivity contribution is 5.78. The molecule has 1 aliphatic heterocycles. The van der Waals surface area contributed by atoms with Gasteiger partial charge in [0.05, 0.1) is 23.6 Å². The lowest BCUT2D eigenvalue weighted by molar-refractivity contribution is 0.0838. The summed E-state index contributed by atoms with van der Waals surface area (Å²) >= 11 is 0. The molecule has 0 saturated carbocycles. The van der Waals surface area contributed by atoms with Crippen LogP contribution in [0.1, 0.15) is 33.2 Å². The van der Waals surface area contributed by atoms with Crippen LogP contribution >= 0.6 is 0 Å². The van der Waals surface area contributed by atoms with Crippen molar-refractivity contribution in [1.29, 1.82) is 0 Å². The third-order valence-electron chi connectivity index (χ3n) is 4.65. The van der Waals surface area contributed by atoms with E-state index in [1.54, 1.807) is 12.4 Å². The van der Waals surface area contributed by atoms with Crippen LogP contribution in [0.2, 0.25) is 0 Å². The monoisotopic (exact) mass is 353 g/mol. The minimum absolute atomic E-state index is 0.323. The maximum Gasteiger partial charge on any atom is 0.227 e. The molecule has 2 N–H and O–H groups in total. The molecular weight excluding hydrogens is 330 g/mol. The van der Waals surface area contributed by atoms with E-state index in [1.165, 1.54) is 0 Å². The van der Waals surface area contributed by atoms with Crippen LogP contribution in [0, 0.1) is 0 Å². The Labute approximate surface area is 151 Å². The normalized spacial score (nSPS) is 20.3. The maximum absolute atomic E-state index is 10.2. The van der Waals surface area contributed by atoms with Gasteiger partial charge in [-0.3, -0.25) is 0 Å². The molecule has 136 valence electrons. The lowest BCUT2D eigenvalue weighted by atomic mass is 10.1. The van der Waals surface area contributed by atoms with Crippen molar-refractivity contribution in [3.63, 3.8) is 0 Å². The smallest absolute Gasteiger partial charge is 0.227 e. The van der Waals surface area contributed by atoms with Gasteiger partial charge in [0, 0.05) is 31.4 Å². The van der Waals surface area contributed by atoms with E-state index in [0.717, 1.165) is 17.6 Å². The van der Waals surface area contributed by atoms with Gasteiger partial charge in [0.15, 0.2) is 0 Å². The zero-order valence-corrected chi connectivity index (χ0v) is 15.2. The number of hydrogen-bond donors (Lipinski definition) is 2. The van der Waals surface area contributed by atoms with E-state index < -0.39 is 5.60 Å². The zero-order chi connectivity index (χ0) is 18.3. The van der Waals surface area contributed by atoms with Crippen molar-refractivity contribution in [3.8, 4) is 0 Å². The molecule has 1 saturated heterocycles. The van der Waals surface area contributed by atoms with Crippen LogP contribution in [0.5, 0.6) is 0 Å². The molecule has 3 aromatic rings. The molecular formula is C18H23N7O. The summed E-state index contributed by atoms with van der Waals surface area (Å²) in [7, 11) is 0. The summed E-state index contributed by atoms with van der Waals surface area (Å²) in [6.07, 6.45) is 6.03. The quantitative estimate of drug-likeness (QED) is 0.744. The fraction of sp³-hybridized carbons (Fsp3) is 0.444. The summed E-state index contributed by atoms with van der Waals surface area (Å²) in [5, 5.41) is 13.4. The Morgan fingerprint density at radius 1 is 1.23 bits per heavy atom. The van der Waals surface area contributed by atoms with Crippen LogP contribution in [-0.2, 0) is 0 Å². The molecule has 0 aromatic carbocycles. The molecule has 0 aliphatic carbocycles. The third-order valence-corrected chi connectivity index (χ3v) is 4.65. The summed E-state index contributed by atoms with van der Waals surface area (Å²) in [6, 6.07) is 4.11. The predicted octanol–water partition coefficient (Wildman–Crippen LogP) is 2.51. The number of β-amino-alcohol motifs (C(OH)–C–C–N with tert-alkyl or cyclic N) is 1. The number of aliphatic hydroxyl groups is 1. The Morgan fingerprint density at radius 2 is 2.08 bits per heavy atom. The number of pyridine rings is 1. The van der Waals surface area contributed by atoms with Crippen LogP contribution in [0.4, 0.5) is 17.6 Å². The molecule has 0 amide bonds. The Hall–Kier alpha value is -2.74. The molecule has 3 aromatic heterocycles. The highest BCUT2D eigenvalue weighted by Gasteiger charge is 2.32. The molecule has 1 fully saturated rings. The van der Waals surface area contributed by atoms with Gasteiger partial charge in [0.2, 0.25) is 5.95 Å². The van der Waals surface area contributed by atoms with Gasteiger partial charge in [0.1, 0.15) is 17.2 Å². The summed E-state index contributed by atoms with van der Waals surface area (Å²) in [6.45, 7) is 7.36. The van der Waals surface area contributed by atoms with Gasteiger partial charge in [-0.2, -0.15) is 4.98 Å². The van der Waals surface area contributed by atoms with E-state index >= 15 is 0 Å². The summed E-state index contributed by atoms with van der Waals surface area (Å²) in [4.78, 5) is 19.7. The SMILES string of the molecule is CC(C)n1cnc2cnc(Nc3ccnc(N4CCC(C)(O)C4)n3)cc21. The summed E-state index contributed by atoms with van der Waals surface area (Å²) in [5.74, 6) is 1.99. The molecule has 8 heteroatoms. The molecule has 8 nitrogen and oxygen atoms in total. The number of nitrogens with one attached hydrogen (secondary N) is 1. The van der Waals surface area contributed by atoms with Crippen molar-refractivity contribution in [1.82, 2.24) is 24.5 Å². The Kier molecular flexibility index (Phi) is 3.99. The van der Waals surface area contributed by atoms with Crippen molar-refractivity contribution < 1.29 is 5.11 Å². The zero-order valence-electron chi connectivity index (χ0n) is 15.2. The Bertz CT molecular complexity index is 934. The van der Waals surface area contributed by atoms with Crippen LogP contribution in [0.15, 0.2) is 30.9 Å². The van der Waals surface area contributed by atoms with Gasteiger partial charge >= 0.3 is 0 Å². The molecule has 0 spiro atoms. The fourth-order valence-electron chi connectivity index (χ4n) is 3.23. The number of anilines is 3. The van der Waals surface area contributed by atoms with Crippen molar-refractivity contribution in [3.05, 3.63) is 30.9 Å². The van der Waals surface area contributed by atoms with E-state index in [1.807, 2.05) is 30.3 Å². The highest BCUT2D eigenvalue weighted by atomic mass is 16.3. The highest BCUT2D eigenvalue weighted by Crippen LogP contribution is 2.25. The van der Waals surface area contributed by atoms with E-state index in [-0.39, 0.29) is 0 Å². The molecule has 0 bridgehead atoms. The minimum atomic E-state index is -0.686. The van der Waals surface area contributed by atoms with E-state index in [0.29, 0.717) is 36.6 Å². The van der Waals surface area contributed by atoms with Crippen molar-refractivity contribution >= 4 is 28.6 Å². The van der Waals surface area contributed by atoms with Gasteiger partial charge in [0.25, 0.3) is 0 Å². The van der Waals surface area contributed by atoms with Crippen LogP contribution in [0.25, 0.3) is 11.0 Å². The largest absolute Gasteiger partial charge is 0.388 e. The molecule has 0 radical (unpaired) electrons. The predicted molar refractivity (Wildman–Crippen MR) is 101 cm³/mol. The second-order valence-electron chi connectivity index (χ2n) is 7.34. The standard InChI is InChI=1S/C18H23N7O/c1-12(2)25-11-21-13-9-20-16(8-14(13)25)22-15-4-6-19-17(23-15)24-7-5-18(3,26)10-24/h4,6,8-9,11-12,26H,5,7,10H2,1-3H3,(H,19,20,22,23). The Morgan fingerprint density at radius 3 is 2.81 bits per heavy atom. The number of fused-ring (bicyclic) bond motifs is 1. The van der Waals surface area contributed by atoms with E-state index in [9.17, 15) is 5.11 Å². The summed E-state index contributed by atoms with van der Waals surface area (Å²) < 4.78 is 2.11. The van der Waals surface area contributed by atoms with E-state index in [4.69, 9.17) is 0 Å². The summed E-state index contributed by atoms with van der Waals surface area (Å²) in [5.41, 5.74) is 1.21. The van der Waals surface area contributed by atoms with Gasteiger partial charge in [-0.1, -0.05) is 0 Å². The minimum Gasteiger partial charge on any atom is -0.388 e. The first-order chi connectivity index (χ1) is 12.4. The number of nitrogens with zero attached hydrogens (tertiary/aromatic N) is 6. The third kappa shape index (κ3) is 3.20. The molecule has 1 unspecified atom stereocenters. The second kappa shape index (κ2) is 6.21. The van der Waals surface area contributed by atoms with Crippen molar-refractivity contribution in [2.24, 2.45) is 0 Å². The second-order valence-corrected chi connectivity index (χ2v) is 7.34. The maximum atomic E-state index is 10.2. The van der Waals surface area contributed by atoms with Gasteiger partial charge < -0.3 is 19.9 Å². The first kappa shape index (κ1) is 16.7. The van der Waals surface area contributed by atoms with Crippen molar-refractivity contribution in [2.75, 3.05) is 23.3 Å². The van der Waals surface area contributed by atoms with Crippen LogP contribution in [0.3, 0.4) is 0 Å². The van der Waals surface area contributed by atoms with Crippen LogP contribution in [-0.4, -0.2) is 48.3 Å². The van der Waals surface area contributed by atoms with Crippen LogP contribution < -0.4 is 10.2 Å². The lowest BCUT2D eigenvalue weighted by Gasteiger charge is -2.19. The van der Waals surface area contributed by atoms with Gasteiger partial charge in [-0.25, -0.2) is 15.0 Å². The first-order valence-corrected chi connectivity index (χ1v) is 8.81.